The number of halogens is 1. The van der Waals surface area contributed by atoms with Crippen LogP contribution in [0.2, 0.25) is 0 Å². The van der Waals surface area contributed by atoms with Crippen molar-refractivity contribution < 1.29 is 4.74 Å². The predicted molar refractivity (Wildman–Crippen MR) is 129 cm³/mol. The highest BCUT2D eigenvalue weighted by Gasteiger charge is 2.21. The quantitative estimate of drug-likeness (QED) is 0.366. The minimum Gasteiger partial charge on any atom is -0.497 e. The van der Waals surface area contributed by atoms with Crippen molar-refractivity contribution in [2.75, 3.05) is 51.8 Å². The third-order valence-electron chi connectivity index (χ3n) is 5.17. The molecule has 0 saturated carbocycles. The van der Waals surface area contributed by atoms with Crippen molar-refractivity contribution in [3.05, 3.63) is 48.3 Å². The average Bonchev–Trinajstić information content (AvgIpc) is 2.77. The summed E-state index contributed by atoms with van der Waals surface area (Å²) in [5.41, 5.74) is 1.33. The zero-order valence-corrected chi connectivity index (χ0v) is 19.7. The lowest BCUT2D eigenvalue weighted by molar-refractivity contribution is 0.369. The van der Waals surface area contributed by atoms with Gasteiger partial charge in [0.2, 0.25) is 5.95 Å². The van der Waals surface area contributed by atoms with Crippen LogP contribution in [0, 0.1) is 0 Å². The van der Waals surface area contributed by atoms with E-state index in [4.69, 9.17) is 4.74 Å². The summed E-state index contributed by atoms with van der Waals surface area (Å²) < 4.78 is 5.23. The largest absolute Gasteiger partial charge is 0.497 e. The molecule has 1 N–H and O–H groups in total. The van der Waals surface area contributed by atoms with Crippen LogP contribution in [-0.2, 0) is 0 Å². The molecule has 8 heteroatoms. The first kappa shape index (κ1) is 23.2. The molecule has 3 rings (SSSR count). The molecule has 1 atom stereocenters. The number of guanidine groups is 1. The minimum absolute atomic E-state index is 0. The Balaban J connectivity index is 0.00000300. The van der Waals surface area contributed by atoms with Crippen LogP contribution in [-0.4, -0.2) is 67.7 Å². The second kappa shape index (κ2) is 11.8. The van der Waals surface area contributed by atoms with E-state index >= 15 is 0 Å². The molecule has 158 valence electrons. The second-order valence-corrected chi connectivity index (χ2v) is 6.96. The van der Waals surface area contributed by atoms with Crippen LogP contribution in [0.5, 0.6) is 5.75 Å². The van der Waals surface area contributed by atoms with E-state index in [0.717, 1.165) is 56.8 Å². The number of benzene rings is 1. The fraction of sp³-hybridized carbons (Fsp3) is 0.476. The highest BCUT2D eigenvalue weighted by molar-refractivity contribution is 14.0. The molecular weight excluding hydrogens is 479 g/mol. The molecule has 1 aliphatic heterocycles. The first-order valence-corrected chi connectivity index (χ1v) is 9.82. The van der Waals surface area contributed by atoms with E-state index in [2.05, 4.69) is 49.1 Å². The minimum atomic E-state index is 0. The molecule has 0 bridgehead atoms. The van der Waals surface area contributed by atoms with Gasteiger partial charge in [0.05, 0.1) is 7.11 Å². The molecule has 1 aliphatic rings. The molecule has 7 nitrogen and oxygen atoms in total. The maximum Gasteiger partial charge on any atom is 0.225 e. The fourth-order valence-corrected chi connectivity index (χ4v) is 3.40. The number of hydrogen-bond donors (Lipinski definition) is 1. The molecule has 0 spiro atoms. The Bertz CT molecular complexity index is 748. The van der Waals surface area contributed by atoms with Crippen molar-refractivity contribution in [2.24, 2.45) is 4.99 Å². The number of anilines is 1. The molecule has 0 amide bonds. The zero-order chi connectivity index (χ0) is 19.8. The number of rotatable bonds is 6. The molecular formula is C21H31IN6O. The number of piperazine rings is 1. The third-order valence-corrected chi connectivity index (χ3v) is 5.17. The van der Waals surface area contributed by atoms with Crippen molar-refractivity contribution in [1.82, 2.24) is 20.2 Å². The molecule has 1 saturated heterocycles. The van der Waals surface area contributed by atoms with Crippen LogP contribution in [0.15, 0.2) is 47.7 Å². The molecule has 2 heterocycles. The molecule has 1 aromatic carbocycles. The van der Waals surface area contributed by atoms with Crippen LogP contribution in [0.4, 0.5) is 5.95 Å². The topological polar surface area (TPSA) is 65.9 Å². The Morgan fingerprint density at radius 3 is 2.38 bits per heavy atom. The monoisotopic (exact) mass is 510 g/mol. The summed E-state index contributed by atoms with van der Waals surface area (Å²) >= 11 is 0. The number of methoxy groups -OCH3 is 1. The van der Waals surface area contributed by atoms with E-state index < -0.39 is 0 Å². The van der Waals surface area contributed by atoms with Gasteiger partial charge >= 0.3 is 0 Å². The van der Waals surface area contributed by atoms with Gasteiger partial charge in [-0.25, -0.2) is 9.97 Å². The van der Waals surface area contributed by atoms with Crippen LogP contribution in [0.25, 0.3) is 0 Å². The van der Waals surface area contributed by atoms with Crippen LogP contribution in [0.1, 0.15) is 24.8 Å². The number of aliphatic imine (C=N–C) groups is 1. The Morgan fingerprint density at radius 2 is 1.79 bits per heavy atom. The van der Waals surface area contributed by atoms with Crippen molar-refractivity contribution in [1.29, 1.82) is 0 Å². The van der Waals surface area contributed by atoms with Crippen molar-refractivity contribution in [3.8, 4) is 5.75 Å². The van der Waals surface area contributed by atoms with Gasteiger partial charge in [-0.15, -0.1) is 24.0 Å². The van der Waals surface area contributed by atoms with E-state index in [1.54, 1.807) is 19.5 Å². The molecule has 1 aromatic heterocycles. The summed E-state index contributed by atoms with van der Waals surface area (Å²) in [6.45, 7) is 6.75. The van der Waals surface area contributed by atoms with Crippen molar-refractivity contribution in [2.45, 2.75) is 19.3 Å². The molecule has 0 aliphatic carbocycles. The lowest BCUT2D eigenvalue weighted by Gasteiger charge is -2.36. The fourth-order valence-electron chi connectivity index (χ4n) is 3.40. The molecule has 2 aromatic rings. The summed E-state index contributed by atoms with van der Waals surface area (Å²) in [4.78, 5) is 17.7. The van der Waals surface area contributed by atoms with Gasteiger partial charge < -0.3 is 19.9 Å². The Labute approximate surface area is 190 Å². The summed E-state index contributed by atoms with van der Waals surface area (Å²) in [5, 5.41) is 3.52. The van der Waals surface area contributed by atoms with Gasteiger partial charge in [0.1, 0.15) is 5.75 Å². The van der Waals surface area contributed by atoms with Crippen LogP contribution in [0.3, 0.4) is 0 Å². The Hall–Kier alpha value is -2.10. The maximum atomic E-state index is 5.23. The van der Waals surface area contributed by atoms with Gasteiger partial charge in [0, 0.05) is 52.2 Å². The number of hydrogen-bond acceptors (Lipinski definition) is 5. The van der Waals surface area contributed by atoms with Gasteiger partial charge in [-0.3, -0.25) is 4.99 Å². The smallest absolute Gasteiger partial charge is 0.225 e. The van der Waals surface area contributed by atoms with E-state index in [0.29, 0.717) is 5.92 Å². The molecule has 29 heavy (non-hydrogen) atoms. The number of nitrogens with one attached hydrogen (secondary N) is 1. The first-order valence-electron chi connectivity index (χ1n) is 9.82. The summed E-state index contributed by atoms with van der Waals surface area (Å²) in [5.74, 6) is 3.15. The lowest BCUT2D eigenvalue weighted by Crippen LogP contribution is -2.53. The summed E-state index contributed by atoms with van der Waals surface area (Å²) in [6, 6.07) is 10.2. The average molecular weight is 510 g/mol. The van der Waals surface area contributed by atoms with Gasteiger partial charge in [-0.2, -0.15) is 0 Å². The lowest BCUT2D eigenvalue weighted by atomic mass is 9.98. The standard InChI is InChI=1S/C21H30N6O.HI/c1-17(18-5-7-19(28-3)8-6-18)9-12-25-20(22-2)26-13-15-27(16-14-26)21-23-10-4-11-24-21;/h4-8,10-11,17H,9,12-16H2,1-3H3,(H,22,25);1H. The number of nitrogens with zero attached hydrogens (tertiary/aromatic N) is 5. The Morgan fingerprint density at radius 1 is 1.14 bits per heavy atom. The van der Waals surface area contributed by atoms with Crippen molar-refractivity contribution >= 4 is 35.9 Å². The highest BCUT2D eigenvalue weighted by Crippen LogP contribution is 2.21. The highest BCUT2D eigenvalue weighted by atomic mass is 127. The SMILES string of the molecule is CN=C(NCCC(C)c1ccc(OC)cc1)N1CCN(c2ncccn2)CC1.I. The van der Waals surface area contributed by atoms with Crippen molar-refractivity contribution in [3.63, 3.8) is 0 Å². The summed E-state index contributed by atoms with van der Waals surface area (Å²) in [6.07, 6.45) is 4.63. The molecule has 1 fully saturated rings. The Kier molecular flexibility index (Phi) is 9.43. The molecule has 0 radical (unpaired) electrons. The van der Waals surface area contributed by atoms with Gasteiger partial charge in [0.25, 0.3) is 0 Å². The van der Waals surface area contributed by atoms with Crippen LogP contribution >= 0.6 is 24.0 Å². The number of ether oxygens (including phenoxy) is 1. The van der Waals surface area contributed by atoms with Gasteiger partial charge in [-0.1, -0.05) is 19.1 Å². The maximum absolute atomic E-state index is 5.23. The second-order valence-electron chi connectivity index (χ2n) is 6.96. The van der Waals surface area contributed by atoms with E-state index in [1.165, 1.54) is 5.56 Å². The van der Waals surface area contributed by atoms with Gasteiger partial charge in [-0.05, 0) is 36.1 Å². The first-order chi connectivity index (χ1) is 13.7. The zero-order valence-electron chi connectivity index (χ0n) is 17.4. The third kappa shape index (κ3) is 6.45. The van der Waals surface area contributed by atoms with E-state index in [9.17, 15) is 0 Å². The predicted octanol–water partition coefficient (Wildman–Crippen LogP) is 2.99. The van der Waals surface area contributed by atoms with E-state index in [1.807, 2.05) is 25.2 Å². The molecule has 1 unspecified atom stereocenters. The van der Waals surface area contributed by atoms with Gasteiger partial charge in [0.15, 0.2) is 5.96 Å². The van der Waals surface area contributed by atoms with Crippen LogP contribution < -0.4 is 15.0 Å². The van der Waals surface area contributed by atoms with E-state index in [-0.39, 0.29) is 24.0 Å². The summed E-state index contributed by atoms with van der Waals surface area (Å²) in [7, 11) is 3.54. The number of aromatic nitrogens is 2. The normalized spacial score (nSPS) is 15.5.